The molecule has 1 aliphatic rings. The summed E-state index contributed by atoms with van der Waals surface area (Å²) in [5.41, 5.74) is 1.45. The standard InChI is InChI=1S/C16H13FN2O2/c17-13-8-6-11(7-9-13)10-19-15(20)14(18-16(19)21)12-4-2-1-3-5-12/h1-9,14H,10H2,(H,18,21). The molecule has 3 rings (SSSR count). The maximum Gasteiger partial charge on any atom is 0.325 e. The predicted molar refractivity (Wildman–Crippen MR) is 74.7 cm³/mol. The molecule has 3 amide bonds. The number of urea groups is 1. The van der Waals surface area contributed by atoms with E-state index in [4.69, 9.17) is 0 Å². The van der Waals surface area contributed by atoms with Crippen molar-refractivity contribution < 1.29 is 14.0 Å². The van der Waals surface area contributed by atoms with E-state index in [0.29, 0.717) is 5.56 Å². The average Bonchev–Trinajstić information content (AvgIpc) is 2.78. The van der Waals surface area contributed by atoms with E-state index >= 15 is 0 Å². The molecule has 0 spiro atoms. The number of halogens is 1. The smallest absolute Gasteiger partial charge is 0.322 e. The van der Waals surface area contributed by atoms with Crippen LogP contribution >= 0.6 is 0 Å². The molecule has 1 saturated heterocycles. The zero-order valence-corrected chi connectivity index (χ0v) is 11.1. The Morgan fingerprint density at radius 2 is 1.67 bits per heavy atom. The fourth-order valence-corrected chi connectivity index (χ4v) is 2.31. The molecule has 21 heavy (non-hydrogen) atoms. The highest BCUT2D eigenvalue weighted by molar-refractivity contribution is 6.04. The monoisotopic (exact) mass is 284 g/mol. The lowest BCUT2D eigenvalue weighted by molar-refractivity contribution is -0.128. The lowest BCUT2D eigenvalue weighted by Gasteiger charge is -2.13. The molecule has 2 aromatic carbocycles. The second kappa shape index (κ2) is 5.36. The lowest BCUT2D eigenvalue weighted by atomic mass is 10.1. The van der Waals surface area contributed by atoms with Gasteiger partial charge in [-0.25, -0.2) is 9.18 Å². The zero-order valence-electron chi connectivity index (χ0n) is 11.1. The molecular formula is C16H13FN2O2. The summed E-state index contributed by atoms with van der Waals surface area (Å²) in [5.74, 6) is -0.645. The third-order valence-corrected chi connectivity index (χ3v) is 3.41. The van der Waals surface area contributed by atoms with Crippen LogP contribution in [0.2, 0.25) is 0 Å². The Morgan fingerprint density at radius 1 is 1.00 bits per heavy atom. The molecular weight excluding hydrogens is 271 g/mol. The van der Waals surface area contributed by atoms with Crippen LogP contribution in [0.5, 0.6) is 0 Å². The summed E-state index contributed by atoms with van der Waals surface area (Å²) >= 11 is 0. The van der Waals surface area contributed by atoms with Gasteiger partial charge in [0, 0.05) is 0 Å². The Balaban J connectivity index is 1.79. The average molecular weight is 284 g/mol. The Bertz CT molecular complexity index is 670. The Morgan fingerprint density at radius 3 is 2.33 bits per heavy atom. The van der Waals surface area contributed by atoms with Crippen molar-refractivity contribution in [3.05, 3.63) is 71.5 Å². The van der Waals surface area contributed by atoms with E-state index in [0.717, 1.165) is 10.5 Å². The summed E-state index contributed by atoms with van der Waals surface area (Å²) in [6.07, 6.45) is 0. The molecule has 1 fully saturated rings. The third kappa shape index (κ3) is 2.63. The van der Waals surface area contributed by atoms with Gasteiger partial charge in [-0.15, -0.1) is 0 Å². The first-order chi connectivity index (χ1) is 10.1. The maximum atomic E-state index is 12.9. The van der Waals surface area contributed by atoms with Crippen LogP contribution in [0.25, 0.3) is 0 Å². The summed E-state index contributed by atoms with van der Waals surface area (Å²) in [6, 6.07) is 13.7. The molecule has 0 bridgehead atoms. The normalized spacial score (nSPS) is 18.0. The molecule has 1 atom stereocenters. The van der Waals surface area contributed by atoms with E-state index in [9.17, 15) is 14.0 Å². The van der Waals surface area contributed by atoms with Crippen molar-refractivity contribution >= 4 is 11.9 Å². The van der Waals surface area contributed by atoms with Crippen LogP contribution < -0.4 is 5.32 Å². The van der Waals surface area contributed by atoms with Crippen molar-refractivity contribution in [3.8, 4) is 0 Å². The van der Waals surface area contributed by atoms with Crippen molar-refractivity contribution in [3.63, 3.8) is 0 Å². The molecule has 5 heteroatoms. The predicted octanol–water partition coefficient (Wildman–Crippen LogP) is 2.62. The minimum absolute atomic E-state index is 0.133. The Kier molecular flexibility index (Phi) is 3.39. The van der Waals surface area contributed by atoms with Crippen molar-refractivity contribution in [2.75, 3.05) is 0 Å². The van der Waals surface area contributed by atoms with Gasteiger partial charge in [0.05, 0.1) is 6.54 Å². The summed E-state index contributed by atoms with van der Waals surface area (Å²) in [4.78, 5) is 25.5. The number of hydrogen-bond donors (Lipinski definition) is 1. The van der Waals surface area contributed by atoms with Crippen molar-refractivity contribution in [1.29, 1.82) is 0 Å². The van der Waals surface area contributed by atoms with Gasteiger partial charge < -0.3 is 5.32 Å². The lowest BCUT2D eigenvalue weighted by Crippen LogP contribution is -2.30. The van der Waals surface area contributed by atoms with Crippen molar-refractivity contribution in [1.82, 2.24) is 10.2 Å². The van der Waals surface area contributed by atoms with Gasteiger partial charge in [-0.1, -0.05) is 42.5 Å². The number of amides is 3. The number of carbonyl (C=O) groups is 2. The molecule has 0 aromatic heterocycles. The Labute approximate surface area is 121 Å². The summed E-state index contributed by atoms with van der Waals surface area (Å²) in [5, 5.41) is 2.67. The minimum atomic E-state index is -0.654. The molecule has 1 heterocycles. The van der Waals surface area contributed by atoms with E-state index in [1.807, 2.05) is 18.2 Å². The molecule has 1 aliphatic heterocycles. The van der Waals surface area contributed by atoms with E-state index in [1.165, 1.54) is 12.1 Å². The highest BCUT2D eigenvalue weighted by Crippen LogP contribution is 2.23. The number of nitrogens with zero attached hydrogens (tertiary/aromatic N) is 1. The molecule has 2 aromatic rings. The molecule has 1 N–H and O–H groups in total. The topological polar surface area (TPSA) is 49.4 Å². The van der Waals surface area contributed by atoms with Crippen LogP contribution in [-0.4, -0.2) is 16.8 Å². The van der Waals surface area contributed by atoms with Crippen LogP contribution in [-0.2, 0) is 11.3 Å². The molecule has 0 saturated carbocycles. The van der Waals surface area contributed by atoms with Crippen LogP contribution in [0.3, 0.4) is 0 Å². The minimum Gasteiger partial charge on any atom is -0.322 e. The fraction of sp³-hybridized carbons (Fsp3) is 0.125. The van der Waals surface area contributed by atoms with Crippen molar-refractivity contribution in [2.45, 2.75) is 12.6 Å². The van der Waals surface area contributed by atoms with Gasteiger partial charge in [-0.2, -0.15) is 0 Å². The van der Waals surface area contributed by atoms with Crippen LogP contribution in [0.1, 0.15) is 17.2 Å². The first-order valence-corrected chi connectivity index (χ1v) is 6.56. The number of benzene rings is 2. The quantitative estimate of drug-likeness (QED) is 0.881. The van der Waals surface area contributed by atoms with Gasteiger partial charge in [0.15, 0.2) is 0 Å². The largest absolute Gasteiger partial charge is 0.325 e. The molecule has 106 valence electrons. The number of nitrogens with one attached hydrogen (secondary N) is 1. The maximum absolute atomic E-state index is 12.9. The SMILES string of the molecule is O=C1NC(c2ccccc2)C(=O)N1Cc1ccc(F)cc1. The van der Waals surface area contributed by atoms with Gasteiger partial charge in [-0.3, -0.25) is 9.69 Å². The zero-order chi connectivity index (χ0) is 14.8. The van der Waals surface area contributed by atoms with Gasteiger partial charge in [0.1, 0.15) is 11.9 Å². The van der Waals surface area contributed by atoms with E-state index in [1.54, 1.807) is 24.3 Å². The fourth-order valence-electron chi connectivity index (χ4n) is 2.31. The van der Waals surface area contributed by atoms with Crippen LogP contribution in [0.4, 0.5) is 9.18 Å². The van der Waals surface area contributed by atoms with Gasteiger partial charge in [0.2, 0.25) is 0 Å². The van der Waals surface area contributed by atoms with Gasteiger partial charge in [-0.05, 0) is 23.3 Å². The highest BCUT2D eigenvalue weighted by Gasteiger charge is 2.38. The summed E-state index contributed by atoms with van der Waals surface area (Å²) in [7, 11) is 0. The van der Waals surface area contributed by atoms with E-state index in [2.05, 4.69) is 5.32 Å². The second-order valence-corrected chi connectivity index (χ2v) is 4.84. The number of hydrogen-bond acceptors (Lipinski definition) is 2. The van der Waals surface area contributed by atoms with Crippen LogP contribution in [0.15, 0.2) is 54.6 Å². The first-order valence-electron chi connectivity index (χ1n) is 6.56. The number of rotatable bonds is 3. The van der Waals surface area contributed by atoms with Crippen molar-refractivity contribution in [2.24, 2.45) is 0 Å². The number of carbonyl (C=O) groups excluding carboxylic acids is 2. The third-order valence-electron chi connectivity index (χ3n) is 3.41. The van der Waals surface area contributed by atoms with Gasteiger partial charge >= 0.3 is 6.03 Å². The molecule has 0 aliphatic carbocycles. The van der Waals surface area contributed by atoms with Gasteiger partial charge in [0.25, 0.3) is 5.91 Å². The highest BCUT2D eigenvalue weighted by atomic mass is 19.1. The first kappa shape index (κ1) is 13.3. The summed E-state index contributed by atoms with van der Waals surface area (Å²) in [6.45, 7) is 0.133. The second-order valence-electron chi connectivity index (χ2n) is 4.84. The summed E-state index contributed by atoms with van der Waals surface area (Å²) < 4.78 is 12.9. The number of imide groups is 1. The molecule has 0 radical (unpaired) electrons. The van der Waals surface area contributed by atoms with E-state index in [-0.39, 0.29) is 18.3 Å². The molecule has 1 unspecified atom stereocenters. The Hall–Kier alpha value is -2.69. The molecule has 4 nitrogen and oxygen atoms in total. The van der Waals surface area contributed by atoms with E-state index < -0.39 is 12.1 Å². The van der Waals surface area contributed by atoms with Crippen LogP contribution in [0, 0.1) is 5.82 Å².